The molecule has 0 amide bonds. The molecule has 1 N–H and O–H groups in total. The Balaban J connectivity index is 2.19. The van der Waals surface area contributed by atoms with Gasteiger partial charge >= 0.3 is 5.97 Å². The number of carboxylic acids is 1. The average molecular weight is 283 g/mol. The highest BCUT2D eigenvalue weighted by Crippen LogP contribution is 2.31. The molecule has 1 aliphatic heterocycles. The molecule has 0 bridgehead atoms. The second-order valence-electron chi connectivity index (χ2n) is 5.32. The fraction of sp³-hybridized carbons (Fsp3) is 0.692. The van der Waals surface area contributed by atoms with E-state index in [1.165, 1.54) is 11.3 Å². The zero-order chi connectivity index (χ0) is 14.0. The molecule has 0 saturated carbocycles. The van der Waals surface area contributed by atoms with Gasteiger partial charge in [-0.05, 0) is 13.0 Å². The lowest BCUT2D eigenvalue weighted by molar-refractivity contribution is -0.136. The lowest BCUT2D eigenvalue weighted by atomic mass is 10.1. The topological polar surface area (TPSA) is 56.7 Å². The largest absolute Gasteiger partial charge is 0.481 e. The third kappa shape index (κ3) is 3.45. The van der Waals surface area contributed by atoms with Crippen LogP contribution in [0.2, 0.25) is 0 Å². The lowest BCUT2D eigenvalue weighted by Gasteiger charge is -2.32. The zero-order valence-corrected chi connectivity index (χ0v) is 12.5. The molecule has 1 fully saturated rings. The molecule has 106 valence electrons. The van der Waals surface area contributed by atoms with Crippen molar-refractivity contribution in [3.63, 3.8) is 0 Å². The van der Waals surface area contributed by atoms with Crippen LogP contribution in [0, 0.1) is 0 Å². The molecule has 0 aromatic carbocycles. The zero-order valence-electron chi connectivity index (χ0n) is 11.7. The monoisotopic (exact) mass is 283 g/mol. The standard InChI is InChI=1S/C13H21N3O2S/c1-9(2)12-10(8-11(17)18)19-13(14-12)16-6-4-15(3)5-7-16/h9H,4-8H2,1-3H3,(H,17,18). The van der Waals surface area contributed by atoms with Crippen LogP contribution in [0.15, 0.2) is 0 Å². The highest BCUT2D eigenvalue weighted by molar-refractivity contribution is 7.15. The Bertz CT molecular complexity index is 451. The summed E-state index contributed by atoms with van der Waals surface area (Å²) in [7, 11) is 2.12. The number of piperazine rings is 1. The van der Waals surface area contributed by atoms with Crippen LogP contribution in [0.4, 0.5) is 5.13 Å². The molecule has 0 atom stereocenters. The van der Waals surface area contributed by atoms with Crippen molar-refractivity contribution in [2.24, 2.45) is 0 Å². The first-order valence-corrected chi connectivity index (χ1v) is 7.44. The van der Waals surface area contributed by atoms with Gasteiger partial charge in [0.05, 0.1) is 12.1 Å². The maximum atomic E-state index is 10.9. The summed E-state index contributed by atoms with van der Waals surface area (Å²) in [5.41, 5.74) is 0.946. The molecular formula is C13H21N3O2S. The van der Waals surface area contributed by atoms with Gasteiger partial charge in [-0.25, -0.2) is 4.98 Å². The van der Waals surface area contributed by atoms with E-state index in [1.54, 1.807) is 0 Å². The van der Waals surface area contributed by atoms with E-state index in [0.29, 0.717) is 0 Å². The van der Waals surface area contributed by atoms with Gasteiger partial charge in [0.25, 0.3) is 0 Å². The van der Waals surface area contributed by atoms with Crippen molar-refractivity contribution in [3.8, 4) is 0 Å². The molecule has 6 heteroatoms. The van der Waals surface area contributed by atoms with Crippen molar-refractivity contribution in [2.45, 2.75) is 26.2 Å². The first-order chi connectivity index (χ1) is 8.97. The highest BCUT2D eigenvalue weighted by atomic mass is 32.1. The second-order valence-corrected chi connectivity index (χ2v) is 6.38. The summed E-state index contributed by atoms with van der Waals surface area (Å²) < 4.78 is 0. The fourth-order valence-electron chi connectivity index (χ4n) is 2.20. The maximum absolute atomic E-state index is 10.9. The highest BCUT2D eigenvalue weighted by Gasteiger charge is 2.22. The number of nitrogens with zero attached hydrogens (tertiary/aromatic N) is 3. The Morgan fingerprint density at radius 3 is 2.53 bits per heavy atom. The first-order valence-electron chi connectivity index (χ1n) is 6.62. The number of rotatable bonds is 4. The van der Waals surface area contributed by atoms with Crippen LogP contribution < -0.4 is 4.90 Å². The van der Waals surface area contributed by atoms with Gasteiger partial charge in [0, 0.05) is 31.1 Å². The molecule has 1 aromatic rings. The number of anilines is 1. The Morgan fingerprint density at radius 1 is 1.37 bits per heavy atom. The van der Waals surface area contributed by atoms with E-state index < -0.39 is 5.97 Å². The lowest BCUT2D eigenvalue weighted by Crippen LogP contribution is -2.44. The summed E-state index contributed by atoms with van der Waals surface area (Å²) in [5.74, 6) is -0.512. The number of carbonyl (C=O) groups is 1. The van der Waals surface area contributed by atoms with Gasteiger partial charge in [0.2, 0.25) is 0 Å². The molecular weight excluding hydrogens is 262 g/mol. The number of likely N-dealkylation sites (N-methyl/N-ethyl adjacent to an activating group) is 1. The smallest absolute Gasteiger partial charge is 0.308 e. The number of aromatic nitrogens is 1. The van der Waals surface area contributed by atoms with Crippen LogP contribution in [-0.4, -0.2) is 54.2 Å². The molecule has 2 rings (SSSR count). The normalized spacial score (nSPS) is 17.2. The molecule has 0 unspecified atom stereocenters. The van der Waals surface area contributed by atoms with Crippen molar-refractivity contribution in [2.75, 3.05) is 38.1 Å². The Labute approximate surface area is 117 Å². The minimum absolute atomic E-state index is 0.0823. The molecule has 19 heavy (non-hydrogen) atoms. The molecule has 0 aliphatic carbocycles. The maximum Gasteiger partial charge on any atom is 0.308 e. The van der Waals surface area contributed by atoms with Gasteiger partial charge in [-0.1, -0.05) is 13.8 Å². The predicted molar refractivity (Wildman–Crippen MR) is 77.3 cm³/mol. The quantitative estimate of drug-likeness (QED) is 0.910. The molecule has 1 aromatic heterocycles. The summed E-state index contributed by atoms with van der Waals surface area (Å²) in [6.07, 6.45) is 0.0823. The van der Waals surface area contributed by atoms with E-state index in [2.05, 4.69) is 35.7 Å². The number of hydrogen-bond acceptors (Lipinski definition) is 5. The number of aliphatic carboxylic acids is 1. The average Bonchev–Trinajstić information content (AvgIpc) is 2.73. The Morgan fingerprint density at radius 2 is 2.00 bits per heavy atom. The van der Waals surface area contributed by atoms with Crippen molar-refractivity contribution >= 4 is 22.4 Å². The number of hydrogen-bond donors (Lipinski definition) is 1. The predicted octanol–water partition coefficient (Wildman–Crippen LogP) is 1.65. The molecule has 0 radical (unpaired) electrons. The third-order valence-corrected chi connectivity index (χ3v) is 4.48. The Kier molecular flexibility index (Phi) is 4.42. The van der Waals surface area contributed by atoms with Gasteiger partial charge in [-0.15, -0.1) is 11.3 Å². The third-order valence-electron chi connectivity index (χ3n) is 3.35. The first kappa shape index (κ1) is 14.3. The van der Waals surface area contributed by atoms with Crippen molar-refractivity contribution in [1.82, 2.24) is 9.88 Å². The molecule has 5 nitrogen and oxygen atoms in total. The van der Waals surface area contributed by atoms with Crippen LogP contribution in [-0.2, 0) is 11.2 Å². The van der Waals surface area contributed by atoms with Gasteiger partial charge in [-0.3, -0.25) is 4.79 Å². The Hall–Kier alpha value is -1.14. The van der Waals surface area contributed by atoms with Crippen molar-refractivity contribution in [1.29, 1.82) is 0 Å². The van der Waals surface area contributed by atoms with E-state index in [-0.39, 0.29) is 12.3 Å². The van der Waals surface area contributed by atoms with Crippen LogP contribution >= 0.6 is 11.3 Å². The summed E-state index contributed by atoms with van der Waals surface area (Å²) in [4.78, 5) is 21.1. The summed E-state index contributed by atoms with van der Waals surface area (Å²) in [6.45, 7) is 8.13. The van der Waals surface area contributed by atoms with E-state index in [4.69, 9.17) is 5.11 Å². The SMILES string of the molecule is CC(C)c1nc(N2CCN(C)CC2)sc1CC(=O)O. The molecule has 2 heterocycles. The molecule has 1 saturated heterocycles. The minimum Gasteiger partial charge on any atom is -0.481 e. The number of thiazole rings is 1. The van der Waals surface area contributed by atoms with E-state index in [0.717, 1.165) is 41.9 Å². The van der Waals surface area contributed by atoms with E-state index >= 15 is 0 Å². The van der Waals surface area contributed by atoms with Gasteiger partial charge in [-0.2, -0.15) is 0 Å². The van der Waals surface area contributed by atoms with Gasteiger partial charge in [0.1, 0.15) is 0 Å². The van der Waals surface area contributed by atoms with Gasteiger partial charge < -0.3 is 14.9 Å². The second kappa shape index (κ2) is 5.88. The van der Waals surface area contributed by atoms with E-state index in [1.807, 2.05) is 0 Å². The van der Waals surface area contributed by atoms with Crippen LogP contribution in [0.25, 0.3) is 0 Å². The minimum atomic E-state index is -0.782. The van der Waals surface area contributed by atoms with Crippen molar-refractivity contribution < 1.29 is 9.90 Å². The summed E-state index contributed by atoms with van der Waals surface area (Å²) in [6, 6.07) is 0. The molecule has 0 spiro atoms. The molecule has 1 aliphatic rings. The van der Waals surface area contributed by atoms with Crippen LogP contribution in [0.1, 0.15) is 30.3 Å². The number of carboxylic acid groups (broad SMARTS) is 1. The van der Waals surface area contributed by atoms with Crippen LogP contribution in [0.3, 0.4) is 0 Å². The van der Waals surface area contributed by atoms with Crippen molar-refractivity contribution in [3.05, 3.63) is 10.6 Å². The fourth-order valence-corrected chi connectivity index (χ4v) is 3.46. The summed E-state index contributed by atoms with van der Waals surface area (Å²) in [5, 5.41) is 9.97. The van der Waals surface area contributed by atoms with Crippen LogP contribution in [0.5, 0.6) is 0 Å². The summed E-state index contributed by atoms with van der Waals surface area (Å²) >= 11 is 1.54. The van der Waals surface area contributed by atoms with Gasteiger partial charge in [0.15, 0.2) is 5.13 Å². The van der Waals surface area contributed by atoms with E-state index in [9.17, 15) is 4.79 Å².